The zero-order chi connectivity index (χ0) is 19.4. The predicted molar refractivity (Wildman–Crippen MR) is 107 cm³/mol. The van der Waals surface area contributed by atoms with Gasteiger partial charge in [0, 0.05) is 10.7 Å². The number of carbonyl (C=O) groups is 1. The molecule has 0 aliphatic heterocycles. The molecule has 3 rings (SSSR count). The van der Waals surface area contributed by atoms with Gasteiger partial charge in [-0.25, -0.2) is 4.98 Å². The van der Waals surface area contributed by atoms with Crippen LogP contribution in [-0.4, -0.2) is 29.0 Å². The number of hydrogen-bond acceptors (Lipinski definition) is 3. The summed E-state index contributed by atoms with van der Waals surface area (Å²) in [6.45, 7) is 5.30. The third-order valence-corrected chi connectivity index (χ3v) is 4.94. The molecule has 1 unspecified atom stereocenters. The molecule has 0 fully saturated rings. The molecule has 1 amide bonds. The molecule has 1 aromatic heterocycles. The van der Waals surface area contributed by atoms with Gasteiger partial charge in [-0.15, -0.1) is 0 Å². The van der Waals surface area contributed by atoms with E-state index in [-0.39, 0.29) is 18.0 Å². The van der Waals surface area contributed by atoms with Crippen molar-refractivity contribution in [3.8, 4) is 0 Å². The fourth-order valence-electron chi connectivity index (χ4n) is 2.93. The number of quaternary nitrogens is 1. The quantitative estimate of drug-likeness (QED) is 0.606. The van der Waals surface area contributed by atoms with Crippen molar-refractivity contribution < 1.29 is 9.69 Å². The summed E-state index contributed by atoms with van der Waals surface area (Å²) in [6.07, 6.45) is 0. The number of carbonyl (C=O) groups excluding carboxylic acids is 1. The van der Waals surface area contributed by atoms with E-state index < -0.39 is 0 Å². The lowest BCUT2D eigenvalue weighted by molar-refractivity contribution is -0.904. The highest BCUT2D eigenvalue weighted by Gasteiger charge is 2.16. The number of nitrogens with zero attached hydrogens (tertiary/aromatic N) is 1. The van der Waals surface area contributed by atoms with Gasteiger partial charge < -0.3 is 15.2 Å². The van der Waals surface area contributed by atoms with Gasteiger partial charge in [-0.2, -0.15) is 0 Å². The van der Waals surface area contributed by atoms with Crippen molar-refractivity contribution in [1.29, 1.82) is 0 Å². The highest BCUT2D eigenvalue weighted by atomic mass is 35.5. The van der Waals surface area contributed by atoms with Crippen LogP contribution in [0.2, 0.25) is 5.02 Å². The Morgan fingerprint density at radius 2 is 2.00 bits per heavy atom. The van der Waals surface area contributed by atoms with Gasteiger partial charge >= 0.3 is 0 Å². The van der Waals surface area contributed by atoms with E-state index in [0.717, 1.165) is 17.0 Å². The van der Waals surface area contributed by atoms with Crippen molar-refractivity contribution in [3.05, 3.63) is 69.2 Å². The minimum Gasteiger partial charge on any atom is -0.321 e. The summed E-state index contributed by atoms with van der Waals surface area (Å²) in [6, 6.07) is 12.6. The number of rotatable bonds is 6. The monoisotopic (exact) mass is 385 g/mol. The summed E-state index contributed by atoms with van der Waals surface area (Å²) >= 11 is 6.10. The Morgan fingerprint density at radius 1 is 1.22 bits per heavy atom. The van der Waals surface area contributed by atoms with Crippen molar-refractivity contribution >= 4 is 34.1 Å². The number of nitrogens with one attached hydrogen (secondary N) is 3. The average Bonchev–Trinajstić information content (AvgIpc) is 2.65. The van der Waals surface area contributed by atoms with E-state index in [1.807, 2.05) is 38.1 Å². The molecule has 0 radical (unpaired) electrons. The van der Waals surface area contributed by atoms with Crippen LogP contribution in [0.3, 0.4) is 0 Å². The van der Waals surface area contributed by atoms with E-state index in [0.29, 0.717) is 34.0 Å². The number of fused-ring (bicyclic) bond motifs is 1. The average molecular weight is 386 g/mol. The van der Waals surface area contributed by atoms with Crippen LogP contribution in [0.25, 0.3) is 10.9 Å². The number of likely N-dealkylation sites (N-methyl/N-ethyl adjacent to an activating group) is 1. The second-order valence-electron chi connectivity index (χ2n) is 6.45. The van der Waals surface area contributed by atoms with E-state index in [1.54, 1.807) is 18.2 Å². The lowest BCUT2D eigenvalue weighted by Gasteiger charge is -2.17. The number of halogens is 1. The fourth-order valence-corrected chi connectivity index (χ4v) is 3.11. The van der Waals surface area contributed by atoms with E-state index in [9.17, 15) is 9.59 Å². The molecule has 27 heavy (non-hydrogen) atoms. The number of aromatic nitrogens is 2. The largest absolute Gasteiger partial charge is 0.321 e. The Kier molecular flexibility index (Phi) is 5.88. The van der Waals surface area contributed by atoms with Gasteiger partial charge in [0.2, 0.25) is 0 Å². The second kappa shape index (κ2) is 8.33. The van der Waals surface area contributed by atoms with Crippen molar-refractivity contribution in [2.75, 3.05) is 18.4 Å². The molecule has 0 aliphatic rings. The minimum atomic E-state index is -0.162. The number of amides is 1. The predicted octanol–water partition coefficient (Wildman–Crippen LogP) is 1.93. The topological polar surface area (TPSA) is 79.3 Å². The van der Waals surface area contributed by atoms with Gasteiger partial charge in [0.15, 0.2) is 12.4 Å². The molecule has 1 heterocycles. The van der Waals surface area contributed by atoms with Crippen LogP contribution in [-0.2, 0) is 11.3 Å². The Balaban J connectivity index is 1.71. The summed E-state index contributed by atoms with van der Waals surface area (Å²) in [4.78, 5) is 33.0. The third-order valence-electron chi connectivity index (χ3n) is 4.53. The molecule has 2 aromatic carbocycles. The molecule has 140 valence electrons. The van der Waals surface area contributed by atoms with Crippen molar-refractivity contribution in [2.24, 2.45) is 0 Å². The lowest BCUT2D eigenvalue weighted by Crippen LogP contribution is -3.11. The summed E-state index contributed by atoms with van der Waals surface area (Å²) in [5.41, 5.74) is 2.04. The van der Waals surface area contributed by atoms with E-state index in [2.05, 4.69) is 15.3 Å². The van der Waals surface area contributed by atoms with Crippen LogP contribution in [0.4, 0.5) is 5.69 Å². The Hall–Kier alpha value is -2.70. The second-order valence-corrected chi connectivity index (χ2v) is 6.85. The van der Waals surface area contributed by atoms with Crippen LogP contribution >= 0.6 is 11.6 Å². The van der Waals surface area contributed by atoms with Crippen molar-refractivity contribution in [2.45, 2.75) is 20.4 Å². The van der Waals surface area contributed by atoms with Crippen molar-refractivity contribution in [3.63, 3.8) is 0 Å². The lowest BCUT2D eigenvalue weighted by atomic mass is 10.2. The van der Waals surface area contributed by atoms with Crippen LogP contribution in [0.15, 0.2) is 47.3 Å². The molecule has 0 bridgehead atoms. The zero-order valence-corrected chi connectivity index (χ0v) is 16.1. The Bertz CT molecular complexity index is 1030. The molecule has 6 nitrogen and oxygen atoms in total. The molecule has 0 spiro atoms. The van der Waals surface area contributed by atoms with Gasteiger partial charge in [-0.05, 0) is 43.7 Å². The summed E-state index contributed by atoms with van der Waals surface area (Å²) in [5.74, 6) is 0.461. The maximum atomic E-state index is 12.4. The van der Waals surface area contributed by atoms with Crippen LogP contribution in [0, 0.1) is 6.92 Å². The van der Waals surface area contributed by atoms with Crippen LogP contribution < -0.4 is 15.8 Å². The standard InChI is InChI=1S/C20H21ClN4O2/c1-3-25(12-19(26)23-16-10-6-8-15(21)13(16)2)11-18-22-17-9-5-4-7-14(17)20(27)24-18/h4-10H,3,11-12H2,1-2H3,(H,23,26)(H,22,24,27)/p+1. The molecule has 3 N–H and O–H groups in total. The van der Waals surface area contributed by atoms with Crippen molar-refractivity contribution in [1.82, 2.24) is 9.97 Å². The number of para-hydroxylation sites is 1. The highest BCUT2D eigenvalue weighted by molar-refractivity contribution is 6.31. The van der Waals surface area contributed by atoms with E-state index in [4.69, 9.17) is 11.6 Å². The van der Waals surface area contributed by atoms with Crippen LogP contribution in [0.5, 0.6) is 0 Å². The SMILES string of the molecule is CC[NH+](CC(=O)Nc1cccc(Cl)c1C)Cc1nc2ccccc2c(=O)[nH]1. The maximum absolute atomic E-state index is 12.4. The Morgan fingerprint density at radius 3 is 2.78 bits per heavy atom. The van der Waals surface area contributed by atoms with Gasteiger partial charge in [0.05, 0.1) is 17.4 Å². The van der Waals surface area contributed by atoms with Gasteiger partial charge in [0.1, 0.15) is 6.54 Å². The smallest absolute Gasteiger partial charge is 0.279 e. The Labute approximate surface area is 162 Å². The molecular weight excluding hydrogens is 364 g/mol. The molecule has 0 saturated heterocycles. The molecule has 0 aliphatic carbocycles. The molecule has 7 heteroatoms. The number of aromatic amines is 1. The van der Waals surface area contributed by atoms with Gasteiger partial charge in [0.25, 0.3) is 11.5 Å². The first-order chi connectivity index (χ1) is 13.0. The number of benzene rings is 2. The van der Waals surface area contributed by atoms with Gasteiger partial charge in [-0.3, -0.25) is 9.59 Å². The minimum absolute atomic E-state index is 0.111. The summed E-state index contributed by atoms with van der Waals surface area (Å²) in [5, 5.41) is 4.09. The zero-order valence-electron chi connectivity index (χ0n) is 15.3. The van der Waals surface area contributed by atoms with E-state index >= 15 is 0 Å². The summed E-state index contributed by atoms with van der Waals surface area (Å²) in [7, 11) is 0. The molecular formula is C20H22ClN4O2+. The molecule has 1 atom stereocenters. The first-order valence-corrected chi connectivity index (χ1v) is 9.22. The first-order valence-electron chi connectivity index (χ1n) is 8.84. The highest BCUT2D eigenvalue weighted by Crippen LogP contribution is 2.22. The normalized spacial score (nSPS) is 12.1. The molecule has 3 aromatic rings. The number of hydrogen-bond donors (Lipinski definition) is 3. The number of H-pyrrole nitrogens is 1. The van der Waals surface area contributed by atoms with Gasteiger partial charge in [-0.1, -0.05) is 29.8 Å². The first kappa shape index (κ1) is 19.1. The molecule has 0 saturated carbocycles. The fraction of sp³-hybridized carbons (Fsp3) is 0.250. The van der Waals surface area contributed by atoms with E-state index in [1.165, 1.54) is 0 Å². The number of anilines is 1. The summed E-state index contributed by atoms with van der Waals surface area (Å²) < 4.78 is 0. The van der Waals surface area contributed by atoms with Crippen LogP contribution in [0.1, 0.15) is 18.3 Å². The maximum Gasteiger partial charge on any atom is 0.279 e. The third kappa shape index (κ3) is 4.53.